The van der Waals surface area contributed by atoms with Gasteiger partial charge in [-0.05, 0) is 54.6 Å². The number of hydrogen-bond acceptors (Lipinski definition) is 4. The van der Waals surface area contributed by atoms with Crippen molar-refractivity contribution in [1.29, 1.82) is 0 Å². The van der Waals surface area contributed by atoms with E-state index in [4.69, 9.17) is 5.73 Å². The van der Waals surface area contributed by atoms with E-state index in [9.17, 15) is 10.1 Å². The minimum absolute atomic E-state index is 0.154. The molecule has 2 rings (SSSR count). The number of rotatable bonds is 3. The topological polar surface area (TPSA) is 72.4 Å². The Hall–Kier alpha value is -1.14. The highest BCUT2D eigenvalue weighted by Gasteiger charge is 2.25. The first-order valence-electron chi connectivity index (χ1n) is 6.85. The third-order valence-corrected chi connectivity index (χ3v) is 4.64. The maximum atomic E-state index is 11.0. The SMILES string of the molecule is Cc1cc(N2CCCC(C(C)N)C2)c(Br)cc1[N+](=O)[O-]. The molecule has 2 N–H and O–H groups in total. The van der Waals surface area contributed by atoms with E-state index in [1.54, 1.807) is 13.0 Å². The summed E-state index contributed by atoms with van der Waals surface area (Å²) in [6.45, 7) is 5.71. The highest BCUT2D eigenvalue weighted by molar-refractivity contribution is 9.10. The molecule has 0 saturated carbocycles. The standard InChI is InChI=1S/C14H20BrN3O2/c1-9-6-14(12(15)7-13(9)18(19)20)17-5-3-4-11(8-17)10(2)16/h6-7,10-11H,3-5,8,16H2,1-2H3. The van der Waals surface area contributed by atoms with Gasteiger partial charge in [-0.15, -0.1) is 0 Å². The van der Waals surface area contributed by atoms with Crippen LogP contribution in [0, 0.1) is 23.0 Å². The van der Waals surface area contributed by atoms with Crippen molar-refractivity contribution in [3.63, 3.8) is 0 Å². The molecule has 1 heterocycles. The van der Waals surface area contributed by atoms with Gasteiger partial charge in [-0.25, -0.2) is 0 Å². The molecule has 1 saturated heterocycles. The molecule has 5 nitrogen and oxygen atoms in total. The lowest BCUT2D eigenvalue weighted by Gasteiger charge is -2.36. The average molecular weight is 342 g/mol. The molecule has 6 heteroatoms. The van der Waals surface area contributed by atoms with Crippen LogP contribution < -0.4 is 10.6 Å². The van der Waals surface area contributed by atoms with Gasteiger partial charge in [-0.2, -0.15) is 0 Å². The summed E-state index contributed by atoms with van der Waals surface area (Å²) in [4.78, 5) is 12.9. The van der Waals surface area contributed by atoms with Crippen molar-refractivity contribution in [3.8, 4) is 0 Å². The van der Waals surface area contributed by atoms with Gasteiger partial charge in [0, 0.05) is 35.2 Å². The maximum Gasteiger partial charge on any atom is 0.273 e. The van der Waals surface area contributed by atoms with E-state index in [1.165, 1.54) is 0 Å². The van der Waals surface area contributed by atoms with E-state index in [0.29, 0.717) is 11.5 Å². The molecule has 1 aromatic carbocycles. The Morgan fingerprint density at radius 1 is 1.55 bits per heavy atom. The summed E-state index contributed by atoms with van der Waals surface area (Å²) in [5.41, 5.74) is 7.88. The maximum absolute atomic E-state index is 11.0. The van der Waals surface area contributed by atoms with Crippen molar-refractivity contribution < 1.29 is 4.92 Å². The van der Waals surface area contributed by atoms with E-state index in [0.717, 1.165) is 36.1 Å². The fourth-order valence-electron chi connectivity index (χ4n) is 2.75. The molecular formula is C14H20BrN3O2. The van der Waals surface area contributed by atoms with E-state index >= 15 is 0 Å². The fraction of sp³-hybridized carbons (Fsp3) is 0.571. The molecule has 1 fully saturated rings. The van der Waals surface area contributed by atoms with Crippen LogP contribution in [0.5, 0.6) is 0 Å². The number of benzene rings is 1. The van der Waals surface area contributed by atoms with Gasteiger partial charge in [-0.3, -0.25) is 10.1 Å². The zero-order chi connectivity index (χ0) is 14.9. The first kappa shape index (κ1) is 15.3. The zero-order valence-electron chi connectivity index (χ0n) is 11.8. The van der Waals surface area contributed by atoms with Crippen molar-refractivity contribution in [2.75, 3.05) is 18.0 Å². The van der Waals surface area contributed by atoms with Crippen molar-refractivity contribution in [1.82, 2.24) is 0 Å². The summed E-state index contributed by atoms with van der Waals surface area (Å²) in [5.74, 6) is 0.478. The second kappa shape index (κ2) is 6.10. The monoisotopic (exact) mass is 341 g/mol. The Labute approximate surface area is 127 Å². The molecular weight excluding hydrogens is 322 g/mol. The first-order valence-corrected chi connectivity index (χ1v) is 7.64. The van der Waals surface area contributed by atoms with Gasteiger partial charge in [0.1, 0.15) is 0 Å². The fourth-order valence-corrected chi connectivity index (χ4v) is 3.33. The Bertz CT molecular complexity index is 519. The highest BCUT2D eigenvalue weighted by Crippen LogP contribution is 2.35. The lowest BCUT2D eigenvalue weighted by Crippen LogP contribution is -2.42. The largest absolute Gasteiger partial charge is 0.370 e. The molecule has 1 aromatic rings. The van der Waals surface area contributed by atoms with Gasteiger partial charge in [0.15, 0.2) is 0 Å². The highest BCUT2D eigenvalue weighted by atomic mass is 79.9. The van der Waals surface area contributed by atoms with E-state index < -0.39 is 0 Å². The molecule has 0 amide bonds. The molecule has 2 unspecified atom stereocenters. The van der Waals surface area contributed by atoms with Gasteiger partial charge in [0.05, 0.1) is 10.6 Å². The van der Waals surface area contributed by atoms with Crippen LogP contribution >= 0.6 is 15.9 Å². The van der Waals surface area contributed by atoms with Gasteiger partial charge in [0.25, 0.3) is 5.69 Å². The summed E-state index contributed by atoms with van der Waals surface area (Å²) in [6, 6.07) is 3.67. The molecule has 0 radical (unpaired) electrons. The van der Waals surface area contributed by atoms with Crippen molar-refractivity contribution >= 4 is 27.3 Å². The third-order valence-electron chi connectivity index (χ3n) is 4.00. The average Bonchev–Trinajstić information content (AvgIpc) is 2.40. The third kappa shape index (κ3) is 3.12. The van der Waals surface area contributed by atoms with Gasteiger partial charge < -0.3 is 10.6 Å². The molecule has 0 aliphatic carbocycles. The number of nitrogens with two attached hydrogens (primary N) is 1. The Morgan fingerprint density at radius 3 is 2.85 bits per heavy atom. The van der Waals surface area contributed by atoms with Crippen molar-refractivity contribution in [2.24, 2.45) is 11.7 Å². The summed E-state index contributed by atoms with van der Waals surface area (Å²) in [6.07, 6.45) is 2.26. The zero-order valence-corrected chi connectivity index (χ0v) is 13.4. The summed E-state index contributed by atoms with van der Waals surface area (Å²) in [7, 11) is 0. The molecule has 0 aromatic heterocycles. The van der Waals surface area contributed by atoms with Crippen LogP contribution in [0.4, 0.5) is 11.4 Å². The van der Waals surface area contributed by atoms with Crippen molar-refractivity contribution in [3.05, 3.63) is 32.3 Å². The van der Waals surface area contributed by atoms with Gasteiger partial charge in [0.2, 0.25) is 0 Å². The number of aryl methyl sites for hydroxylation is 1. The van der Waals surface area contributed by atoms with Crippen LogP contribution in [-0.4, -0.2) is 24.1 Å². The van der Waals surface area contributed by atoms with Crippen LogP contribution in [-0.2, 0) is 0 Å². The first-order chi connectivity index (χ1) is 9.40. The lowest BCUT2D eigenvalue weighted by molar-refractivity contribution is -0.385. The number of nitro groups is 1. The summed E-state index contributed by atoms with van der Waals surface area (Å²) >= 11 is 3.46. The normalized spacial score (nSPS) is 20.8. The van der Waals surface area contributed by atoms with E-state index in [-0.39, 0.29) is 16.7 Å². The van der Waals surface area contributed by atoms with Crippen LogP contribution in [0.15, 0.2) is 16.6 Å². The number of anilines is 1. The molecule has 1 aliphatic rings. The van der Waals surface area contributed by atoms with Crippen LogP contribution in [0.25, 0.3) is 0 Å². The predicted octanol–water partition coefficient (Wildman–Crippen LogP) is 3.23. The summed E-state index contributed by atoms with van der Waals surface area (Å²) in [5, 5.41) is 11.0. The quantitative estimate of drug-likeness (QED) is 0.676. The number of piperidine rings is 1. The number of halogens is 1. The van der Waals surface area contributed by atoms with Crippen LogP contribution in [0.2, 0.25) is 0 Å². The second-order valence-corrected chi connectivity index (χ2v) is 6.41. The van der Waals surface area contributed by atoms with Crippen molar-refractivity contribution in [2.45, 2.75) is 32.7 Å². The van der Waals surface area contributed by atoms with Crippen LogP contribution in [0.1, 0.15) is 25.3 Å². The number of hydrogen-bond donors (Lipinski definition) is 1. The molecule has 0 bridgehead atoms. The van der Waals surface area contributed by atoms with E-state index in [2.05, 4.69) is 20.8 Å². The molecule has 1 aliphatic heterocycles. The predicted molar refractivity (Wildman–Crippen MR) is 84.1 cm³/mol. The Kier molecular flexibility index (Phi) is 4.65. The smallest absolute Gasteiger partial charge is 0.273 e. The summed E-state index contributed by atoms with van der Waals surface area (Å²) < 4.78 is 0.778. The molecule has 0 spiro atoms. The molecule has 20 heavy (non-hydrogen) atoms. The molecule has 2 atom stereocenters. The number of nitro benzene ring substituents is 1. The second-order valence-electron chi connectivity index (χ2n) is 5.55. The number of nitrogens with zero attached hydrogens (tertiary/aromatic N) is 2. The Morgan fingerprint density at radius 2 is 2.25 bits per heavy atom. The lowest BCUT2D eigenvalue weighted by atomic mass is 9.92. The van der Waals surface area contributed by atoms with Gasteiger partial charge >= 0.3 is 0 Å². The minimum atomic E-state index is -0.342. The Balaban J connectivity index is 2.28. The van der Waals surface area contributed by atoms with Gasteiger partial charge in [-0.1, -0.05) is 0 Å². The minimum Gasteiger partial charge on any atom is -0.370 e. The molecule has 110 valence electrons. The van der Waals surface area contributed by atoms with E-state index in [1.807, 2.05) is 13.0 Å². The van der Waals surface area contributed by atoms with Crippen LogP contribution in [0.3, 0.4) is 0 Å².